The fraction of sp³-hybridized carbons (Fsp3) is 0.250. The molecule has 0 bridgehead atoms. The van der Waals surface area contributed by atoms with Crippen molar-refractivity contribution in [2.45, 2.75) is 19.9 Å². The van der Waals surface area contributed by atoms with Crippen molar-refractivity contribution < 1.29 is 4.42 Å². The summed E-state index contributed by atoms with van der Waals surface area (Å²) in [6.07, 6.45) is 1.71. The average Bonchev–Trinajstić information content (AvgIpc) is 2.69. The molecule has 5 heteroatoms. The van der Waals surface area contributed by atoms with Crippen molar-refractivity contribution in [1.29, 1.82) is 0 Å². The van der Waals surface area contributed by atoms with Gasteiger partial charge in [0.2, 0.25) is 0 Å². The van der Waals surface area contributed by atoms with Gasteiger partial charge in [0.1, 0.15) is 17.3 Å². The van der Waals surface area contributed by atoms with Gasteiger partial charge in [-0.1, -0.05) is 0 Å². The lowest BCUT2D eigenvalue weighted by molar-refractivity contribution is 0.466. The smallest absolute Gasteiger partial charge is 0.149 e. The summed E-state index contributed by atoms with van der Waals surface area (Å²) in [7, 11) is 0. The topological polar surface area (TPSA) is 64.1 Å². The highest BCUT2D eigenvalue weighted by atomic mass is 79.9. The first-order valence-electron chi connectivity index (χ1n) is 5.30. The number of nitrogens with zero attached hydrogens (tertiary/aromatic N) is 1. The first-order chi connectivity index (χ1) is 8.06. The highest BCUT2D eigenvalue weighted by molar-refractivity contribution is 9.10. The number of aromatic nitrogens is 1. The van der Waals surface area contributed by atoms with Crippen molar-refractivity contribution in [1.82, 2.24) is 4.98 Å². The minimum Gasteiger partial charge on any atom is -0.464 e. The number of nitrogens with one attached hydrogen (secondary N) is 1. The van der Waals surface area contributed by atoms with Gasteiger partial charge in [0, 0.05) is 10.7 Å². The fourth-order valence-corrected chi connectivity index (χ4v) is 1.89. The summed E-state index contributed by atoms with van der Waals surface area (Å²) in [5.41, 5.74) is 6.47. The number of nitrogens with two attached hydrogens (primary N) is 1. The molecule has 0 aliphatic carbocycles. The lowest BCUT2D eigenvalue weighted by Gasteiger charge is -2.13. The van der Waals surface area contributed by atoms with Gasteiger partial charge in [-0.05, 0) is 48.0 Å². The summed E-state index contributed by atoms with van der Waals surface area (Å²) < 4.78 is 6.40. The van der Waals surface area contributed by atoms with Crippen LogP contribution in [-0.4, -0.2) is 4.98 Å². The Morgan fingerprint density at radius 1 is 1.47 bits per heavy atom. The zero-order valence-corrected chi connectivity index (χ0v) is 11.3. The number of rotatable bonds is 3. The number of anilines is 2. The summed E-state index contributed by atoms with van der Waals surface area (Å²) in [6.45, 7) is 3.92. The van der Waals surface area contributed by atoms with Gasteiger partial charge in [0.25, 0.3) is 0 Å². The number of halogens is 1. The van der Waals surface area contributed by atoms with Crippen molar-refractivity contribution in [2.24, 2.45) is 0 Å². The van der Waals surface area contributed by atoms with E-state index in [4.69, 9.17) is 10.2 Å². The quantitative estimate of drug-likeness (QED) is 0.910. The molecule has 4 nitrogen and oxygen atoms in total. The van der Waals surface area contributed by atoms with E-state index in [0.717, 1.165) is 16.0 Å². The molecular formula is C12H14BrN3O. The third kappa shape index (κ3) is 2.79. The van der Waals surface area contributed by atoms with Crippen LogP contribution in [0.1, 0.15) is 24.5 Å². The molecule has 1 unspecified atom stereocenters. The molecule has 0 aliphatic rings. The van der Waals surface area contributed by atoms with E-state index in [-0.39, 0.29) is 6.04 Å². The minimum atomic E-state index is 0.0275. The third-order valence-corrected chi connectivity index (χ3v) is 2.86. The second-order valence-electron chi connectivity index (χ2n) is 3.91. The van der Waals surface area contributed by atoms with Crippen LogP contribution in [0.15, 0.2) is 33.3 Å². The molecule has 90 valence electrons. The second-order valence-corrected chi connectivity index (χ2v) is 4.82. The number of hydrogen-bond acceptors (Lipinski definition) is 4. The van der Waals surface area contributed by atoms with Gasteiger partial charge < -0.3 is 15.5 Å². The Labute approximate surface area is 108 Å². The maximum atomic E-state index is 5.87. The first-order valence-corrected chi connectivity index (χ1v) is 6.09. The maximum absolute atomic E-state index is 5.87. The van der Waals surface area contributed by atoms with Gasteiger partial charge in [0.05, 0.1) is 11.7 Å². The van der Waals surface area contributed by atoms with Crippen molar-refractivity contribution in [2.75, 3.05) is 11.1 Å². The predicted octanol–water partition coefficient (Wildman–Crippen LogP) is 3.50. The number of aryl methyl sites for hydroxylation is 1. The molecule has 17 heavy (non-hydrogen) atoms. The normalized spacial score (nSPS) is 12.4. The maximum Gasteiger partial charge on any atom is 0.149 e. The van der Waals surface area contributed by atoms with Crippen LogP contribution in [0.3, 0.4) is 0 Å². The lowest BCUT2D eigenvalue weighted by atomic mass is 10.2. The van der Waals surface area contributed by atoms with Crippen LogP contribution in [0, 0.1) is 6.92 Å². The van der Waals surface area contributed by atoms with E-state index >= 15 is 0 Å². The summed E-state index contributed by atoms with van der Waals surface area (Å²) in [4.78, 5) is 4.23. The molecule has 0 saturated carbocycles. The lowest BCUT2D eigenvalue weighted by Crippen LogP contribution is -2.09. The van der Waals surface area contributed by atoms with Gasteiger partial charge in [-0.2, -0.15) is 0 Å². The Kier molecular flexibility index (Phi) is 3.38. The average molecular weight is 296 g/mol. The van der Waals surface area contributed by atoms with Gasteiger partial charge in [-0.15, -0.1) is 0 Å². The molecular weight excluding hydrogens is 282 g/mol. The Morgan fingerprint density at radius 2 is 2.24 bits per heavy atom. The highest BCUT2D eigenvalue weighted by Crippen LogP contribution is 2.25. The molecule has 0 spiro atoms. The van der Waals surface area contributed by atoms with Gasteiger partial charge in [-0.3, -0.25) is 0 Å². The molecule has 0 radical (unpaired) electrons. The Bertz CT molecular complexity index is 524. The van der Waals surface area contributed by atoms with E-state index in [1.807, 2.05) is 32.0 Å². The van der Waals surface area contributed by atoms with Crippen molar-refractivity contribution >= 4 is 27.4 Å². The zero-order valence-electron chi connectivity index (χ0n) is 9.70. The Balaban J connectivity index is 2.15. The van der Waals surface area contributed by atoms with Crippen LogP contribution in [0.4, 0.5) is 11.5 Å². The molecule has 2 heterocycles. The van der Waals surface area contributed by atoms with E-state index in [9.17, 15) is 0 Å². The molecule has 1 atom stereocenters. The van der Waals surface area contributed by atoms with E-state index in [1.165, 1.54) is 0 Å². The monoisotopic (exact) mass is 295 g/mol. The summed E-state index contributed by atoms with van der Waals surface area (Å²) >= 11 is 3.32. The van der Waals surface area contributed by atoms with Crippen LogP contribution < -0.4 is 11.1 Å². The van der Waals surface area contributed by atoms with Crippen LogP contribution in [0.5, 0.6) is 0 Å². The standard InChI is InChI=1S/C12H14BrN3O/c1-7-3-4-11(17-7)8(2)16-12-10(14)5-9(13)6-15-12/h3-6,8H,14H2,1-2H3,(H,15,16). The van der Waals surface area contributed by atoms with Crippen LogP contribution in [0.2, 0.25) is 0 Å². The number of pyridine rings is 1. The van der Waals surface area contributed by atoms with E-state index in [2.05, 4.69) is 26.2 Å². The molecule has 2 aromatic heterocycles. The number of furan rings is 1. The summed E-state index contributed by atoms with van der Waals surface area (Å²) in [6, 6.07) is 5.73. The summed E-state index contributed by atoms with van der Waals surface area (Å²) in [5, 5.41) is 3.22. The van der Waals surface area contributed by atoms with Gasteiger partial charge in [-0.25, -0.2) is 4.98 Å². The van der Waals surface area contributed by atoms with E-state index in [0.29, 0.717) is 11.5 Å². The van der Waals surface area contributed by atoms with Crippen molar-refractivity contribution in [3.05, 3.63) is 40.4 Å². The molecule has 0 saturated heterocycles. The first kappa shape index (κ1) is 12.0. The van der Waals surface area contributed by atoms with Gasteiger partial charge in [0.15, 0.2) is 0 Å². The minimum absolute atomic E-state index is 0.0275. The van der Waals surface area contributed by atoms with Crippen molar-refractivity contribution in [3.8, 4) is 0 Å². The van der Waals surface area contributed by atoms with E-state index < -0.39 is 0 Å². The molecule has 2 rings (SSSR count). The van der Waals surface area contributed by atoms with Gasteiger partial charge >= 0.3 is 0 Å². The van der Waals surface area contributed by atoms with Crippen LogP contribution >= 0.6 is 15.9 Å². The highest BCUT2D eigenvalue weighted by Gasteiger charge is 2.11. The molecule has 0 fully saturated rings. The number of hydrogen-bond donors (Lipinski definition) is 2. The molecule has 3 N–H and O–H groups in total. The Hall–Kier alpha value is -1.49. The van der Waals surface area contributed by atoms with Crippen LogP contribution in [0.25, 0.3) is 0 Å². The number of nitrogen functional groups attached to an aromatic ring is 1. The zero-order chi connectivity index (χ0) is 12.4. The SMILES string of the molecule is Cc1ccc(C(C)Nc2ncc(Br)cc2N)o1. The Morgan fingerprint density at radius 3 is 2.82 bits per heavy atom. The third-order valence-electron chi connectivity index (χ3n) is 2.42. The molecule has 2 aromatic rings. The van der Waals surface area contributed by atoms with Crippen molar-refractivity contribution in [3.63, 3.8) is 0 Å². The molecule has 0 aromatic carbocycles. The largest absolute Gasteiger partial charge is 0.464 e. The van der Waals surface area contributed by atoms with E-state index in [1.54, 1.807) is 6.20 Å². The second kappa shape index (κ2) is 4.79. The van der Waals surface area contributed by atoms with Crippen LogP contribution in [-0.2, 0) is 0 Å². The summed E-state index contributed by atoms with van der Waals surface area (Å²) in [5.74, 6) is 2.42. The molecule has 0 amide bonds. The fourth-order valence-electron chi connectivity index (χ4n) is 1.54. The molecule has 0 aliphatic heterocycles. The predicted molar refractivity (Wildman–Crippen MR) is 71.8 cm³/mol.